The lowest BCUT2D eigenvalue weighted by Crippen LogP contribution is -2.40. The van der Waals surface area contributed by atoms with Crippen molar-refractivity contribution in [3.8, 4) is 5.75 Å². The van der Waals surface area contributed by atoms with Crippen molar-refractivity contribution in [2.75, 3.05) is 20.2 Å². The molecule has 1 atom stereocenters. The first-order valence-corrected chi connectivity index (χ1v) is 6.38. The molecule has 1 amide bonds. The van der Waals surface area contributed by atoms with Gasteiger partial charge < -0.3 is 15.4 Å². The molecular formula is C14H20N2O2. The van der Waals surface area contributed by atoms with Crippen LogP contribution in [0.15, 0.2) is 24.3 Å². The van der Waals surface area contributed by atoms with E-state index < -0.39 is 0 Å². The molecule has 0 aliphatic carbocycles. The average molecular weight is 248 g/mol. The predicted octanol–water partition coefficient (Wildman–Crippen LogP) is 1.71. The van der Waals surface area contributed by atoms with Gasteiger partial charge in [0, 0.05) is 25.1 Å². The second kappa shape index (κ2) is 5.87. The van der Waals surface area contributed by atoms with Crippen LogP contribution in [0.25, 0.3) is 0 Å². The highest BCUT2D eigenvalue weighted by Crippen LogP contribution is 2.24. The topological polar surface area (TPSA) is 55.6 Å². The number of amides is 1. The molecule has 4 nitrogen and oxygen atoms in total. The van der Waals surface area contributed by atoms with E-state index in [1.54, 1.807) is 7.11 Å². The summed E-state index contributed by atoms with van der Waals surface area (Å²) < 4.78 is 5.30. The third-order valence-corrected chi connectivity index (χ3v) is 3.38. The maximum Gasteiger partial charge on any atom is 0.222 e. The van der Waals surface area contributed by atoms with Crippen molar-refractivity contribution < 1.29 is 9.53 Å². The van der Waals surface area contributed by atoms with Crippen molar-refractivity contribution >= 4 is 5.91 Å². The average Bonchev–Trinajstić information content (AvgIpc) is 2.41. The third-order valence-electron chi connectivity index (χ3n) is 3.38. The summed E-state index contributed by atoms with van der Waals surface area (Å²) in [6.45, 7) is 1.39. The van der Waals surface area contributed by atoms with E-state index in [2.05, 4.69) is 0 Å². The smallest absolute Gasteiger partial charge is 0.222 e. The number of nitrogens with two attached hydrogens (primary N) is 1. The van der Waals surface area contributed by atoms with E-state index in [4.69, 9.17) is 10.5 Å². The molecule has 1 aliphatic heterocycles. The zero-order chi connectivity index (χ0) is 13.0. The van der Waals surface area contributed by atoms with Crippen LogP contribution in [0.5, 0.6) is 5.75 Å². The lowest BCUT2D eigenvalue weighted by molar-refractivity contribution is -0.133. The van der Waals surface area contributed by atoms with Crippen molar-refractivity contribution in [3.63, 3.8) is 0 Å². The molecule has 0 radical (unpaired) electrons. The number of piperidine rings is 1. The lowest BCUT2D eigenvalue weighted by atomic mass is 10.0. The number of para-hydroxylation sites is 1. The molecule has 2 N–H and O–H groups in total. The van der Waals surface area contributed by atoms with Crippen LogP contribution in [0.1, 0.15) is 30.9 Å². The largest absolute Gasteiger partial charge is 0.496 e. The SMILES string of the molecule is COc1ccccc1C(N)CN1CCCCC1=O. The van der Waals surface area contributed by atoms with Gasteiger partial charge in [-0.3, -0.25) is 4.79 Å². The minimum absolute atomic E-state index is 0.191. The van der Waals surface area contributed by atoms with Crippen LogP contribution in [0.3, 0.4) is 0 Å². The summed E-state index contributed by atoms with van der Waals surface area (Å²) in [6.07, 6.45) is 2.72. The van der Waals surface area contributed by atoms with Gasteiger partial charge in [0.05, 0.1) is 13.2 Å². The first kappa shape index (κ1) is 12.9. The van der Waals surface area contributed by atoms with E-state index in [1.807, 2.05) is 29.2 Å². The Labute approximate surface area is 108 Å². The van der Waals surface area contributed by atoms with Gasteiger partial charge in [-0.05, 0) is 18.9 Å². The molecule has 0 aromatic heterocycles. The number of methoxy groups -OCH3 is 1. The van der Waals surface area contributed by atoms with Crippen molar-refractivity contribution in [2.24, 2.45) is 5.73 Å². The second-order valence-corrected chi connectivity index (χ2v) is 4.65. The fourth-order valence-corrected chi connectivity index (χ4v) is 2.36. The number of nitrogens with zero attached hydrogens (tertiary/aromatic N) is 1. The van der Waals surface area contributed by atoms with Crippen molar-refractivity contribution in [3.05, 3.63) is 29.8 Å². The van der Waals surface area contributed by atoms with E-state index in [0.717, 1.165) is 30.7 Å². The Balaban J connectivity index is 2.06. The number of hydrogen-bond donors (Lipinski definition) is 1. The molecule has 1 aromatic carbocycles. The molecule has 1 aromatic rings. The summed E-state index contributed by atoms with van der Waals surface area (Å²) in [5.74, 6) is 1.00. The summed E-state index contributed by atoms with van der Waals surface area (Å²) in [5, 5.41) is 0. The first-order chi connectivity index (χ1) is 8.72. The number of benzene rings is 1. The molecule has 0 spiro atoms. The Morgan fingerprint density at radius 1 is 1.39 bits per heavy atom. The molecule has 2 rings (SSSR count). The predicted molar refractivity (Wildman–Crippen MR) is 70.4 cm³/mol. The molecule has 0 saturated carbocycles. The highest BCUT2D eigenvalue weighted by Gasteiger charge is 2.21. The van der Waals surface area contributed by atoms with Gasteiger partial charge >= 0.3 is 0 Å². The summed E-state index contributed by atoms with van der Waals surface area (Å²) >= 11 is 0. The Morgan fingerprint density at radius 3 is 2.89 bits per heavy atom. The maximum atomic E-state index is 11.8. The fraction of sp³-hybridized carbons (Fsp3) is 0.500. The van der Waals surface area contributed by atoms with Gasteiger partial charge in [-0.25, -0.2) is 0 Å². The molecule has 4 heteroatoms. The minimum Gasteiger partial charge on any atom is -0.496 e. The Kier molecular flexibility index (Phi) is 4.20. The summed E-state index contributed by atoms with van der Waals surface area (Å²) in [7, 11) is 1.64. The zero-order valence-corrected chi connectivity index (χ0v) is 10.8. The maximum absolute atomic E-state index is 11.8. The van der Waals surface area contributed by atoms with E-state index in [-0.39, 0.29) is 11.9 Å². The van der Waals surface area contributed by atoms with Crippen LogP contribution in [-0.2, 0) is 4.79 Å². The molecule has 1 fully saturated rings. The van der Waals surface area contributed by atoms with Gasteiger partial charge in [0.15, 0.2) is 0 Å². The molecule has 18 heavy (non-hydrogen) atoms. The zero-order valence-electron chi connectivity index (χ0n) is 10.8. The van der Waals surface area contributed by atoms with Crippen LogP contribution in [0, 0.1) is 0 Å². The van der Waals surface area contributed by atoms with Gasteiger partial charge in [0.1, 0.15) is 5.75 Å². The monoisotopic (exact) mass is 248 g/mol. The van der Waals surface area contributed by atoms with E-state index in [0.29, 0.717) is 13.0 Å². The molecule has 1 aliphatic rings. The summed E-state index contributed by atoms with van der Waals surface area (Å²) in [4.78, 5) is 13.6. The Hall–Kier alpha value is -1.55. The van der Waals surface area contributed by atoms with Gasteiger partial charge in [-0.15, -0.1) is 0 Å². The molecule has 1 unspecified atom stereocenters. The number of carbonyl (C=O) groups is 1. The van der Waals surface area contributed by atoms with Crippen LogP contribution in [-0.4, -0.2) is 31.0 Å². The molecular weight excluding hydrogens is 228 g/mol. The van der Waals surface area contributed by atoms with E-state index in [1.165, 1.54) is 0 Å². The van der Waals surface area contributed by atoms with Gasteiger partial charge in [-0.2, -0.15) is 0 Å². The van der Waals surface area contributed by atoms with E-state index in [9.17, 15) is 4.79 Å². The van der Waals surface area contributed by atoms with Gasteiger partial charge in [0.25, 0.3) is 0 Å². The van der Waals surface area contributed by atoms with Gasteiger partial charge in [-0.1, -0.05) is 18.2 Å². The molecule has 1 heterocycles. The third kappa shape index (κ3) is 2.82. The number of ether oxygens (including phenoxy) is 1. The standard InChI is InChI=1S/C14H20N2O2/c1-18-13-7-3-2-6-11(13)12(15)10-16-9-5-4-8-14(16)17/h2-3,6-7,12H,4-5,8-10,15H2,1H3. The van der Waals surface area contributed by atoms with Crippen LogP contribution >= 0.6 is 0 Å². The van der Waals surface area contributed by atoms with Gasteiger partial charge in [0.2, 0.25) is 5.91 Å². The van der Waals surface area contributed by atoms with Crippen LogP contribution < -0.4 is 10.5 Å². The number of likely N-dealkylation sites (tertiary alicyclic amines) is 1. The summed E-state index contributed by atoms with van der Waals surface area (Å²) in [5.41, 5.74) is 7.15. The van der Waals surface area contributed by atoms with Crippen molar-refractivity contribution in [2.45, 2.75) is 25.3 Å². The van der Waals surface area contributed by atoms with Crippen LogP contribution in [0.4, 0.5) is 0 Å². The quantitative estimate of drug-likeness (QED) is 0.882. The Bertz CT molecular complexity index is 420. The molecule has 0 bridgehead atoms. The molecule has 1 saturated heterocycles. The minimum atomic E-state index is -0.191. The highest BCUT2D eigenvalue weighted by atomic mass is 16.5. The second-order valence-electron chi connectivity index (χ2n) is 4.65. The van der Waals surface area contributed by atoms with E-state index >= 15 is 0 Å². The number of carbonyl (C=O) groups excluding carboxylic acids is 1. The van der Waals surface area contributed by atoms with Crippen LogP contribution in [0.2, 0.25) is 0 Å². The summed E-state index contributed by atoms with van der Waals surface area (Å²) in [6, 6.07) is 7.52. The fourth-order valence-electron chi connectivity index (χ4n) is 2.36. The van der Waals surface area contributed by atoms with Crippen molar-refractivity contribution in [1.82, 2.24) is 4.90 Å². The Morgan fingerprint density at radius 2 is 2.17 bits per heavy atom. The van der Waals surface area contributed by atoms with Crippen molar-refractivity contribution in [1.29, 1.82) is 0 Å². The number of rotatable bonds is 4. The molecule has 98 valence electrons. The highest BCUT2D eigenvalue weighted by molar-refractivity contribution is 5.76. The lowest BCUT2D eigenvalue weighted by Gasteiger charge is -2.29. The normalized spacial score (nSPS) is 17.7. The number of hydrogen-bond acceptors (Lipinski definition) is 3. The first-order valence-electron chi connectivity index (χ1n) is 6.38.